The molecular weight excluding hydrogens is 247 g/mol. The van der Waals surface area contributed by atoms with E-state index >= 15 is 0 Å². The summed E-state index contributed by atoms with van der Waals surface area (Å²) < 4.78 is 17.6. The maximum Gasteiger partial charge on any atom is 0.316 e. The minimum Gasteiger partial charge on any atom is -0.464 e. The number of hydrogen-bond acceptors (Lipinski definition) is 4. The van der Waals surface area contributed by atoms with Gasteiger partial charge < -0.3 is 4.74 Å². The van der Waals surface area contributed by atoms with Crippen LogP contribution in [-0.4, -0.2) is 30.3 Å². The Labute approximate surface area is 103 Å². The molecule has 1 aromatic rings. The first kappa shape index (κ1) is 13.4. The SMILES string of the molecule is CSCCOC(=O)CSc1ccc(F)cc1. The monoisotopic (exact) mass is 260 g/mol. The van der Waals surface area contributed by atoms with Crippen molar-refractivity contribution < 1.29 is 13.9 Å². The first-order chi connectivity index (χ1) is 7.72. The van der Waals surface area contributed by atoms with Crippen molar-refractivity contribution in [3.05, 3.63) is 30.1 Å². The second-order valence-corrected chi connectivity index (χ2v) is 4.99. The van der Waals surface area contributed by atoms with Gasteiger partial charge in [0.25, 0.3) is 0 Å². The van der Waals surface area contributed by atoms with Crippen molar-refractivity contribution in [2.45, 2.75) is 4.90 Å². The molecule has 0 atom stereocenters. The molecular formula is C11H13FO2S2. The van der Waals surface area contributed by atoms with Gasteiger partial charge in [-0.25, -0.2) is 4.39 Å². The molecule has 88 valence electrons. The molecule has 0 spiro atoms. The third-order valence-electron chi connectivity index (χ3n) is 1.72. The van der Waals surface area contributed by atoms with Crippen molar-refractivity contribution in [2.75, 3.05) is 24.4 Å². The van der Waals surface area contributed by atoms with E-state index in [-0.39, 0.29) is 17.5 Å². The van der Waals surface area contributed by atoms with Crippen molar-refractivity contribution in [2.24, 2.45) is 0 Å². The zero-order valence-corrected chi connectivity index (χ0v) is 10.6. The number of carbonyl (C=O) groups is 1. The van der Waals surface area contributed by atoms with Crippen LogP contribution in [0.15, 0.2) is 29.2 Å². The van der Waals surface area contributed by atoms with Crippen LogP contribution >= 0.6 is 23.5 Å². The fourth-order valence-corrected chi connectivity index (χ4v) is 1.90. The summed E-state index contributed by atoms with van der Waals surface area (Å²) in [5.41, 5.74) is 0. The van der Waals surface area contributed by atoms with Crippen LogP contribution in [0.3, 0.4) is 0 Å². The van der Waals surface area contributed by atoms with E-state index < -0.39 is 0 Å². The van der Waals surface area contributed by atoms with E-state index in [2.05, 4.69) is 0 Å². The number of ether oxygens (including phenoxy) is 1. The fourth-order valence-electron chi connectivity index (χ4n) is 0.954. The van der Waals surface area contributed by atoms with E-state index in [9.17, 15) is 9.18 Å². The number of rotatable bonds is 6. The van der Waals surface area contributed by atoms with E-state index in [1.165, 1.54) is 23.9 Å². The summed E-state index contributed by atoms with van der Waals surface area (Å²) in [5, 5.41) is 0. The summed E-state index contributed by atoms with van der Waals surface area (Å²) in [6, 6.07) is 6.05. The predicted molar refractivity (Wildman–Crippen MR) is 66.5 cm³/mol. The van der Waals surface area contributed by atoms with Gasteiger partial charge in [-0.2, -0.15) is 11.8 Å². The van der Waals surface area contributed by atoms with Crippen LogP contribution in [0.25, 0.3) is 0 Å². The average molecular weight is 260 g/mol. The van der Waals surface area contributed by atoms with Gasteiger partial charge in [0.15, 0.2) is 0 Å². The molecule has 2 nitrogen and oxygen atoms in total. The van der Waals surface area contributed by atoms with Gasteiger partial charge >= 0.3 is 5.97 Å². The molecule has 0 radical (unpaired) electrons. The summed E-state index contributed by atoms with van der Waals surface area (Å²) in [7, 11) is 0. The lowest BCUT2D eigenvalue weighted by Crippen LogP contribution is -2.09. The van der Waals surface area contributed by atoms with E-state index in [4.69, 9.17) is 4.74 Å². The van der Waals surface area contributed by atoms with E-state index in [1.807, 2.05) is 6.26 Å². The van der Waals surface area contributed by atoms with Crippen LogP contribution in [-0.2, 0) is 9.53 Å². The van der Waals surface area contributed by atoms with Crippen molar-refractivity contribution >= 4 is 29.5 Å². The lowest BCUT2D eigenvalue weighted by Gasteiger charge is -2.03. The minimum atomic E-state index is -0.271. The molecule has 0 saturated carbocycles. The summed E-state index contributed by atoms with van der Waals surface area (Å²) >= 11 is 2.98. The highest BCUT2D eigenvalue weighted by molar-refractivity contribution is 8.00. The molecule has 0 heterocycles. The molecule has 0 aromatic heterocycles. The quantitative estimate of drug-likeness (QED) is 0.446. The van der Waals surface area contributed by atoms with Gasteiger partial charge in [-0.3, -0.25) is 4.79 Å². The van der Waals surface area contributed by atoms with Crippen molar-refractivity contribution in [3.8, 4) is 0 Å². The van der Waals surface area contributed by atoms with Crippen LogP contribution in [0, 0.1) is 5.82 Å². The van der Waals surface area contributed by atoms with Gasteiger partial charge in [0.1, 0.15) is 12.4 Å². The molecule has 0 unspecified atom stereocenters. The van der Waals surface area contributed by atoms with E-state index in [1.54, 1.807) is 23.9 Å². The second-order valence-electron chi connectivity index (χ2n) is 2.96. The first-order valence-corrected chi connectivity index (χ1v) is 7.13. The van der Waals surface area contributed by atoms with Crippen LogP contribution in [0.4, 0.5) is 4.39 Å². The molecule has 1 rings (SSSR count). The summed E-state index contributed by atoms with van der Waals surface area (Å²) in [6.07, 6.45) is 1.96. The number of hydrogen-bond donors (Lipinski definition) is 0. The molecule has 1 aromatic carbocycles. The van der Waals surface area contributed by atoms with Crippen molar-refractivity contribution in [3.63, 3.8) is 0 Å². The molecule has 16 heavy (non-hydrogen) atoms. The smallest absolute Gasteiger partial charge is 0.316 e. The van der Waals surface area contributed by atoms with Gasteiger partial charge in [-0.15, -0.1) is 11.8 Å². The topological polar surface area (TPSA) is 26.3 Å². The third-order valence-corrected chi connectivity index (χ3v) is 3.28. The maximum absolute atomic E-state index is 12.6. The molecule has 0 saturated heterocycles. The second kappa shape index (κ2) is 7.57. The number of carbonyl (C=O) groups excluding carboxylic acids is 1. The predicted octanol–water partition coefficient (Wildman–Crippen LogP) is 2.82. The molecule has 0 bridgehead atoms. The molecule has 5 heteroatoms. The summed E-state index contributed by atoms with van der Waals surface area (Å²) in [5.74, 6) is 0.572. The zero-order chi connectivity index (χ0) is 11.8. The van der Waals surface area contributed by atoms with Gasteiger partial charge in [0.2, 0.25) is 0 Å². The van der Waals surface area contributed by atoms with Crippen LogP contribution in [0.1, 0.15) is 0 Å². The lowest BCUT2D eigenvalue weighted by molar-refractivity contribution is -0.139. The number of thioether (sulfide) groups is 2. The van der Waals surface area contributed by atoms with Crippen molar-refractivity contribution in [1.29, 1.82) is 0 Å². The largest absolute Gasteiger partial charge is 0.464 e. The third kappa shape index (κ3) is 5.42. The Hall–Kier alpha value is -0.680. The van der Waals surface area contributed by atoms with E-state index in [0.717, 1.165) is 10.6 Å². The maximum atomic E-state index is 12.6. The number of esters is 1. The Morgan fingerprint density at radius 2 is 2.06 bits per heavy atom. The van der Waals surface area contributed by atoms with Crippen LogP contribution in [0.5, 0.6) is 0 Å². The highest BCUT2D eigenvalue weighted by Crippen LogP contribution is 2.17. The van der Waals surface area contributed by atoms with Crippen LogP contribution in [0.2, 0.25) is 0 Å². The normalized spacial score (nSPS) is 10.1. The lowest BCUT2D eigenvalue weighted by atomic mass is 10.4. The number of benzene rings is 1. The van der Waals surface area contributed by atoms with Crippen LogP contribution < -0.4 is 0 Å². The first-order valence-electron chi connectivity index (χ1n) is 4.75. The Kier molecular flexibility index (Phi) is 6.33. The van der Waals surface area contributed by atoms with Crippen molar-refractivity contribution in [1.82, 2.24) is 0 Å². The molecule has 0 aliphatic rings. The molecule has 0 aliphatic heterocycles. The molecule has 0 fully saturated rings. The van der Waals surface area contributed by atoms with Gasteiger partial charge in [-0.05, 0) is 30.5 Å². The average Bonchev–Trinajstić information content (AvgIpc) is 2.29. The Morgan fingerprint density at radius 1 is 1.38 bits per heavy atom. The van der Waals surface area contributed by atoms with Gasteiger partial charge in [0, 0.05) is 10.6 Å². The fraction of sp³-hybridized carbons (Fsp3) is 0.364. The summed E-state index contributed by atoms with van der Waals surface area (Å²) in [6.45, 7) is 0.448. The molecule has 0 aliphatic carbocycles. The Balaban J connectivity index is 2.23. The number of halogens is 1. The zero-order valence-electron chi connectivity index (χ0n) is 8.94. The molecule has 0 N–H and O–H groups in total. The molecule has 0 amide bonds. The van der Waals surface area contributed by atoms with Gasteiger partial charge in [-0.1, -0.05) is 0 Å². The van der Waals surface area contributed by atoms with Gasteiger partial charge in [0.05, 0.1) is 5.75 Å². The minimum absolute atomic E-state index is 0.233. The Morgan fingerprint density at radius 3 is 2.69 bits per heavy atom. The highest BCUT2D eigenvalue weighted by atomic mass is 32.2. The standard InChI is InChI=1S/C11H13FO2S2/c1-15-7-6-14-11(13)8-16-10-4-2-9(12)3-5-10/h2-5H,6-8H2,1H3. The summed E-state index contributed by atoms with van der Waals surface area (Å²) in [4.78, 5) is 12.1. The van der Waals surface area contributed by atoms with E-state index in [0.29, 0.717) is 6.61 Å². The highest BCUT2D eigenvalue weighted by Gasteiger charge is 2.03. The Bertz CT molecular complexity index is 327.